The van der Waals surface area contributed by atoms with Gasteiger partial charge in [-0.3, -0.25) is 0 Å². The molecule has 1 aromatic carbocycles. The summed E-state index contributed by atoms with van der Waals surface area (Å²) in [6.45, 7) is -0.265. The molecule has 174 valence electrons. The molecule has 1 saturated carbocycles. The second kappa shape index (κ2) is 8.76. The van der Waals surface area contributed by atoms with Crippen molar-refractivity contribution in [3.05, 3.63) is 29.3 Å². The summed E-state index contributed by atoms with van der Waals surface area (Å²) in [6, 6.07) is 1.16. The van der Waals surface area contributed by atoms with Crippen molar-refractivity contribution in [3.8, 4) is 5.75 Å². The first-order valence-corrected chi connectivity index (χ1v) is 10.0. The number of nitrogens with two attached hydrogens (primary N) is 1. The van der Waals surface area contributed by atoms with Crippen LogP contribution in [0, 0.1) is 5.92 Å². The number of guanidine groups is 1. The molecule has 2 aliphatic rings. The van der Waals surface area contributed by atoms with Crippen LogP contribution in [0.2, 0.25) is 0 Å². The van der Waals surface area contributed by atoms with Crippen molar-refractivity contribution in [2.24, 2.45) is 16.6 Å². The van der Waals surface area contributed by atoms with Crippen molar-refractivity contribution < 1.29 is 35.8 Å². The van der Waals surface area contributed by atoms with Crippen LogP contribution in [-0.4, -0.2) is 37.0 Å². The van der Waals surface area contributed by atoms with Crippen LogP contribution in [0.4, 0.5) is 26.3 Å². The highest BCUT2D eigenvalue weighted by Gasteiger charge is 2.40. The molecule has 31 heavy (non-hydrogen) atoms. The second-order valence-corrected chi connectivity index (χ2v) is 8.13. The Morgan fingerprint density at radius 1 is 1.06 bits per heavy atom. The fourth-order valence-corrected chi connectivity index (χ4v) is 3.90. The Kier molecular flexibility index (Phi) is 6.64. The summed E-state index contributed by atoms with van der Waals surface area (Å²) in [4.78, 5) is 5.92. The lowest BCUT2D eigenvalue weighted by Gasteiger charge is -2.39. The van der Waals surface area contributed by atoms with Crippen LogP contribution >= 0.6 is 0 Å². The fourth-order valence-electron chi connectivity index (χ4n) is 3.90. The molecule has 11 heteroatoms. The molecule has 0 bridgehead atoms. The third-order valence-corrected chi connectivity index (χ3v) is 5.59. The average molecular weight is 453 g/mol. The van der Waals surface area contributed by atoms with Crippen LogP contribution in [-0.2, 0) is 17.1 Å². The summed E-state index contributed by atoms with van der Waals surface area (Å²) in [6.07, 6.45) is -4.38. The number of hydrogen-bond acceptors (Lipinski definition) is 5. The van der Waals surface area contributed by atoms with Gasteiger partial charge in [0.1, 0.15) is 19.1 Å². The Bertz CT molecular complexity index is 773. The minimum absolute atomic E-state index is 0.0624. The zero-order valence-corrected chi connectivity index (χ0v) is 17.0. The van der Waals surface area contributed by atoms with Gasteiger partial charge < -0.3 is 20.1 Å². The van der Waals surface area contributed by atoms with Gasteiger partial charge in [0.05, 0.1) is 11.1 Å². The average Bonchev–Trinajstić information content (AvgIpc) is 2.69. The van der Waals surface area contributed by atoms with Gasteiger partial charge in [-0.05, 0) is 24.1 Å². The molecule has 2 N–H and O–H groups in total. The molecule has 1 aliphatic carbocycles. The van der Waals surface area contributed by atoms with Crippen molar-refractivity contribution in [1.82, 2.24) is 4.90 Å². The van der Waals surface area contributed by atoms with Crippen molar-refractivity contribution in [1.29, 1.82) is 0 Å². The van der Waals surface area contributed by atoms with Crippen LogP contribution in [0.25, 0.3) is 0 Å². The summed E-state index contributed by atoms with van der Waals surface area (Å²) in [5, 5.41) is 0. The molecule has 5 nitrogen and oxygen atoms in total. The number of alkyl halides is 6. The van der Waals surface area contributed by atoms with Gasteiger partial charge in [0.15, 0.2) is 11.7 Å². The molecule has 0 amide bonds. The fraction of sp³-hybridized carbons (Fsp3) is 0.650. The molecular formula is C20H25F6N3O2. The van der Waals surface area contributed by atoms with E-state index in [1.165, 1.54) is 0 Å². The van der Waals surface area contributed by atoms with Crippen LogP contribution in [0.1, 0.15) is 49.7 Å². The maximum Gasteiger partial charge on any atom is 0.416 e. The summed E-state index contributed by atoms with van der Waals surface area (Å²) in [5.74, 6) is -0.128. The highest BCUT2D eigenvalue weighted by Crippen LogP contribution is 2.39. The van der Waals surface area contributed by atoms with Crippen molar-refractivity contribution in [2.45, 2.75) is 56.6 Å². The number of benzene rings is 1. The zero-order valence-electron chi connectivity index (χ0n) is 17.0. The number of hydrogen-bond donors (Lipinski definition) is 1. The van der Waals surface area contributed by atoms with E-state index < -0.39 is 35.0 Å². The Hall–Kier alpha value is -2.17. The Labute approximate surface area is 176 Å². The first kappa shape index (κ1) is 23.5. The molecule has 0 aromatic heterocycles. The van der Waals surface area contributed by atoms with E-state index in [9.17, 15) is 26.3 Å². The van der Waals surface area contributed by atoms with Crippen LogP contribution in [0.5, 0.6) is 5.75 Å². The van der Waals surface area contributed by atoms with Crippen molar-refractivity contribution in [3.63, 3.8) is 0 Å². The SMILES string of the molecule is CN1COC(COc2cc(C(F)(F)F)cc(C(F)(F)F)c2)(CC2CCCCC2)N=C1N. The molecule has 1 fully saturated rings. The van der Waals surface area contributed by atoms with Crippen LogP contribution in [0.3, 0.4) is 0 Å². The first-order valence-electron chi connectivity index (χ1n) is 10.0. The molecule has 0 spiro atoms. The van der Waals surface area contributed by atoms with Crippen LogP contribution < -0.4 is 10.5 Å². The number of aliphatic imine (C=N–C) groups is 1. The maximum atomic E-state index is 13.1. The molecule has 0 saturated heterocycles. The predicted octanol–water partition coefficient (Wildman–Crippen LogP) is 5.00. The van der Waals surface area contributed by atoms with Gasteiger partial charge >= 0.3 is 12.4 Å². The highest BCUT2D eigenvalue weighted by molar-refractivity contribution is 5.78. The van der Waals surface area contributed by atoms with E-state index in [1.807, 2.05) is 0 Å². The highest BCUT2D eigenvalue weighted by atomic mass is 19.4. The summed E-state index contributed by atoms with van der Waals surface area (Å²) >= 11 is 0. The van der Waals surface area contributed by atoms with E-state index in [4.69, 9.17) is 15.2 Å². The number of halogens is 6. The molecule has 1 aliphatic heterocycles. The molecular weight excluding hydrogens is 428 g/mol. The second-order valence-electron chi connectivity index (χ2n) is 8.13. The van der Waals surface area contributed by atoms with E-state index in [2.05, 4.69) is 4.99 Å². The van der Waals surface area contributed by atoms with E-state index in [1.54, 1.807) is 11.9 Å². The minimum atomic E-state index is -4.95. The molecule has 1 unspecified atom stereocenters. The van der Waals surface area contributed by atoms with Gasteiger partial charge in [-0.15, -0.1) is 0 Å². The smallest absolute Gasteiger partial charge is 0.416 e. The van der Waals surface area contributed by atoms with Gasteiger partial charge in [-0.25, -0.2) is 4.99 Å². The van der Waals surface area contributed by atoms with E-state index in [0.717, 1.165) is 32.1 Å². The quantitative estimate of drug-likeness (QED) is 0.638. The molecule has 1 heterocycles. The van der Waals surface area contributed by atoms with Crippen molar-refractivity contribution in [2.75, 3.05) is 20.4 Å². The predicted molar refractivity (Wildman–Crippen MR) is 101 cm³/mol. The Morgan fingerprint density at radius 3 is 2.16 bits per heavy atom. The lowest BCUT2D eigenvalue weighted by Crippen LogP contribution is -2.51. The van der Waals surface area contributed by atoms with Gasteiger partial charge in [0, 0.05) is 13.5 Å². The largest absolute Gasteiger partial charge is 0.488 e. The summed E-state index contributed by atoms with van der Waals surface area (Å²) in [5.41, 5.74) is 1.78. The number of rotatable bonds is 5. The van der Waals surface area contributed by atoms with E-state index in [-0.39, 0.29) is 31.3 Å². The minimum Gasteiger partial charge on any atom is -0.488 e. The molecule has 3 rings (SSSR count). The Morgan fingerprint density at radius 2 is 1.65 bits per heavy atom. The van der Waals surface area contributed by atoms with E-state index >= 15 is 0 Å². The summed E-state index contributed by atoms with van der Waals surface area (Å²) < 4.78 is 90.0. The number of nitrogens with zero attached hydrogens (tertiary/aromatic N) is 2. The third kappa shape index (κ3) is 5.96. The van der Waals surface area contributed by atoms with Crippen LogP contribution in [0.15, 0.2) is 23.2 Å². The van der Waals surface area contributed by atoms with E-state index in [0.29, 0.717) is 18.6 Å². The first-order chi connectivity index (χ1) is 14.4. The maximum absolute atomic E-state index is 13.1. The Balaban J connectivity index is 1.87. The van der Waals surface area contributed by atoms with Gasteiger partial charge in [0.2, 0.25) is 0 Å². The topological polar surface area (TPSA) is 60.1 Å². The zero-order chi connectivity index (χ0) is 22.9. The lowest BCUT2D eigenvalue weighted by molar-refractivity contribution is -0.143. The molecule has 0 radical (unpaired) electrons. The van der Waals surface area contributed by atoms with Crippen molar-refractivity contribution >= 4 is 5.96 Å². The molecule has 1 atom stereocenters. The van der Waals surface area contributed by atoms with Gasteiger partial charge in [-0.2, -0.15) is 26.3 Å². The number of ether oxygens (including phenoxy) is 2. The normalized spacial score (nSPS) is 23.6. The van der Waals surface area contributed by atoms with Gasteiger partial charge in [-0.1, -0.05) is 32.1 Å². The summed E-state index contributed by atoms with van der Waals surface area (Å²) in [7, 11) is 1.66. The monoisotopic (exact) mass is 453 g/mol. The lowest BCUT2D eigenvalue weighted by atomic mass is 9.83. The standard InChI is InChI=1S/C20H25F6N3O2/c1-29-12-31-18(28-17(29)27,10-13-5-3-2-4-6-13)11-30-16-8-14(19(21,22)23)7-15(9-16)20(24,25)26/h7-9,13H,2-6,10-12H2,1H3,(H2,27,28). The third-order valence-electron chi connectivity index (χ3n) is 5.59. The van der Waals surface area contributed by atoms with Gasteiger partial charge in [0.25, 0.3) is 0 Å². The molecule has 1 aromatic rings.